The van der Waals surface area contributed by atoms with E-state index in [1.54, 1.807) is 0 Å². The summed E-state index contributed by atoms with van der Waals surface area (Å²) in [5, 5.41) is 12.5. The van der Waals surface area contributed by atoms with E-state index in [4.69, 9.17) is 0 Å². The Morgan fingerprint density at radius 1 is 1.40 bits per heavy atom. The largest absolute Gasteiger partial charge is 0.506 e. The standard InChI is InChI=1S/C14H12Br2FN3O2S.C2H6/c15-8-5-7(12(21)10(16)11(8)17)6-9-13(22)19-14(23-9)20-4-2-1-3-18-20;1-2/h5-6,18,21H,1-4H2;1-2H3/b9-6-;. The van der Waals surface area contributed by atoms with E-state index in [2.05, 4.69) is 42.3 Å². The van der Waals surface area contributed by atoms with Gasteiger partial charge in [-0.1, -0.05) is 13.8 Å². The summed E-state index contributed by atoms with van der Waals surface area (Å²) in [6.07, 6.45) is 3.65. The topological polar surface area (TPSA) is 64.9 Å². The number of nitrogens with zero attached hydrogens (tertiary/aromatic N) is 2. The molecule has 0 radical (unpaired) electrons. The van der Waals surface area contributed by atoms with Crippen molar-refractivity contribution in [3.8, 4) is 5.75 Å². The van der Waals surface area contributed by atoms with Crippen LogP contribution in [-0.4, -0.2) is 34.3 Å². The van der Waals surface area contributed by atoms with Gasteiger partial charge in [0.1, 0.15) is 5.75 Å². The van der Waals surface area contributed by atoms with Crippen LogP contribution in [0, 0.1) is 5.82 Å². The van der Waals surface area contributed by atoms with Gasteiger partial charge in [0.25, 0.3) is 5.91 Å². The summed E-state index contributed by atoms with van der Waals surface area (Å²) >= 11 is 7.32. The Hall–Kier alpha value is -0.900. The van der Waals surface area contributed by atoms with E-state index in [9.17, 15) is 14.3 Å². The first-order valence-electron chi connectivity index (χ1n) is 7.87. The van der Waals surface area contributed by atoms with Gasteiger partial charge in [0.2, 0.25) is 0 Å². The van der Waals surface area contributed by atoms with Gasteiger partial charge in [0, 0.05) is 18.7 Å². The molecule has 1 amide bonds. The second-order valence-electron chi connectivity index (χ2n) is 5.00. The number of amides is 1. The highest BCUT2D eigenvalue weighted by molar-refractivity contribution is 9.11. The Kier molecular flexibility index (Phi) is 7.48. The van der Waals surface area contributed by atoms with Crippen LogP contribution < -0.4 is 5.43 Å². The second kappa shape index (κ2) is 9.16. The van der Waals surface area contributed by atoms with Crippen LogP contribution in [0.2, 0.25) is 0 Å². The van der Waals surface area contributed by atoms with Crippen molar-refractivity contribution in [2.45, 2.75) is 26.7 Å². The maximum absolute atomic E-state index is 13.7. The van der Waals surface area contributed by atoms with Crippen molar-refractivity contribution in [2.75, 3.05) is 13.1 Å². The number of thioether (sulfide) groups is 1. The number of carbonyl (C=O) groups is 1. The lowest BCUT2D eigenvalue weighted by Gasteiger charge is -2.28. The van der Waals surface area contributed by atoms with Gasteiger partial charge in [-0.05, 0) is 68.6 Å². The van der Waals surface area contributed by atoms with Crippen LogP contribution in [-0.2, 0) is 4.79 Å². The minimum absolute atomic E-state index is 0.0481. The van der Waals surface area contributed by atoms with Crippen molar-refractivity contribution in [3.05, 3.63) is 31.3 Å². The maximum Gasteiger partial charge on any atom is 0.286 e. The lowest BCUT2D eigenvalue weighted by molar-refractivity contribution is -0.113. The molecule has 2 heterocycles. The van der Waals surface area contributed by atoms with Crippen LogP contribution in [0.1, 0.15) is 32.3 Å². The van der Waals surface area contributed by atoms with Crippen LogP contribution >= 0.6 is 43.6 Å². The number of hydrogen-bond acceptors (Lipinski definition) is 5. The number of nitrogens with one attached hydrogen (secondary N) is 1. The zero-order valence-corrected chi connectivity index (χ0v) is 17.8. The maximum atomic E-state index is 13.7. The molecule has 3 rings (SSSR count). The van der Waals surface area contributed by atoms with Gasteiger partial charge in [0.15, 0.2) is 11.0 Å². The molecule has 25 heavy (non-hydrogen) atoms. The third-order valence-corrected chi connectivity index (χ3v) is 5.71. The highest BCUT2D eigenvalue weighted by Crippen LogP contribution is 2.38. The first-order valence-corrected chi connectivity index (χ1v) is 10.3. The number of hydrazine groups is 1. The van der Waals surface area contributed by atoms with E-state index in [-0.39, 0.29) is 20.6 Å². The van der Waals surface area contributed by atoms with Crippen LogP contribution in [0.15, 0.2) is 24.9 Å². The molecule has 2 aliphatic rings. The molecule has 0 bridgehead atoms. The predicted octanol–water partition coefficient (Wildman–Crippen LogP) is 4.65. The Bertz CT molecular complexity index is 735. The van der Waals surface area contributed by atoms with Gasteiger partial charge < -0.3 is 5.11 Å². The average Bonchev–Trinajstić information content (AvgIpc) is 3.01. The monoisotopic (exact) mass is 493 g/mol. The van der Waals surface area contributed by atoms with Gasteiger partial charge in [-0.3, -0.25) is 9.80 Å². The molecule has 0 aliphatic carbocycles. The number of benzene rings is 1. The fraction of sp³-hybridized carbons (Fsp3) is 0.375. The van der Waals surface area contributed by atoms with Gasteiger partial charge in [-0.2, -0.15) is 4.99 Å². The summed E-state index contributed by atoms with van der Waals surface area (Å²) < 4.78 is 13.8. The third kappa shape index (κ3) is 4.64. The number of rotatable bonds is 1. The van der Waals surface area contributed by atoms with E-state index < -0.39 is 5.82 Å². The Morgan fingerprint density at radius 2 is 2.12 bits per heavy atom. The number of halogens is 3. The van der Waals surface area contributed by atoms with Crippen molar-refractivity contribution >= 4 is 60.8 Å². The number of aliphatic imine (C=N–C) groups is 1. The van der Waals surface area contributed by atoms with Crippen LogP contribution in [0.25, 0.3) is 6.08 Å². The minimum atomic E-state index is -0.593. The highest BCUT2D eigenvalue weighted by atomic mass is 79.9. The van der Waals surface area contributed by atoms with Gasteiger partial charge in [-0.25, -0.2) is 9.82 Å². The van der Waals surface area contributed by atoms with Crippen LogP contribution in [0.4, 0.5) is 4.39 Å². The van der Waals surface area contributed by atoms with E-state index in [0.29, 0.717) is 15.6 Å². The molecule has 9 heteroatoms. The summed E-state index contributed by atoms with van der Waals surface area (Å²) in [5.74, 6) is -1.21. The number of amidine groups is 1. The average molecular weight is 495 g/mol. The van der Waals surface area contributed by atoms with Crippen molar-refractivity contribution in [3.63, 3.8) is 0 Å². The smallest absolute Gasteiger partial charge is 0.286 e. The zero-order chi connectivity index (χ0) is 18.6. The molecule has 2 aliphatic heterocycles. The van der Waals surface area contributed by atoms with Crippen molar-refractivity contribution < 1.29 is 14.3 Å². The molecule has 0 spiro atoms. The normalized spacial score (nSPS) is 18.9. The Balaban J connectivity index is 0.00000109. The number of phenolic OH excluding ortho intramolecular Hbond substituents is 1. The van der Waals surface area contributed by atoms with E-state index in [1.807, 2.05) is 18.9 Å². The van der Waals surface area contributed by atoms with E-state index in [1.165, 1.54) is 23.9 Å². The molecule has 0 aromatic heterocycles. The van der Waals surface area contributed by atoms with Gasteiger partial charge in [-0.15, -0.1) is 0 Å². The predicted molar refractivity (Wildman–Crippen MR) is 107 cm³/mol. The van der Waals surface area contributed by atoms with Gasteiger partial charge in [0.05, 0.1) is 13.9 Å². The van der Waals surface area contributed by atoms with E-state index >= 15 is 0 Å². The SMILES string of the molecule is CC.O=C1N=C(N2CCCCN2)S/C1=C\c1cc(Br)c(F)c(Br)c1O. The first-order chi connectivity index (χ1) is 12.0. The quantitative estimate of drug-likeness (QED) is 0.439. The summed E-state index contributed by atoms with van der Waals surface area (Å²) in [7, 11) is 0. The minimum Gasteiger partial charge on any atom is -0.506 e. The summed E-state index contributed by atoms with van der Waals surface area (Å²) in [6, 6.07) is 1.42. The molecule has 2 N–H and O–H groups in total. The molecule has 1 aromatic rings. The van der Waals surface area contributed by atoms with Crippen LogP contribution in [0.5, 0.6) is 5.75 Å². The van der Waals surface area contributed by atoms with Crippen molar-refractivity contribution in [1.82, 2.24) is 10.4 Å². The fourth-order valence-corrected chi connectivity index (χ4v) is 4.28. The third-order valence-electron chi connectivity index (χ3n) is 3.40. The summed E-state index contributed by atoms with van der Waals surface area (Å²) in [5.41, 5.74) is 3.53. The Labute approximate surface area is 167 Å². The second-order valence-corrected chi connectivity index (χ2v) is 7.66. The molecule has 136 valence electrons. The molecule has 0 atom stereocenters. The molecule has 5 nitrogen and oxygen atoms in total. The van der Waals surface area contributed by atoms with E-state index in [0.717, 1.165) is 25.9 Å². The number of aromatic hydroxyl groups is 1. The molecular weight excluding hydrogens is 477 g/mol. The number of carbonyl (C=O) groups excluding carboxylic acids is 1. The van der Waals surface area contributed by atoms with Crippen molar-refractivity contribution in [1.29, 1.82) is 0 Å². The summed E-state index contributed by atoms with van der Waals surface area (Å²) in [4.78, 5) is 16.5. The number of phenols is 1. The number of hydrogen-bond donors (Lipinski definition) is 2. The molecule has 1 aromatic carbocycles. The first kappa shape index (κ1) is 20.4. The lowest BCUT2D eigenvalue weighted by atomic mass is 10.2. The zero-order valence-electron chi connectivity index (χ0n) is 13.8. The molecule has 0 unspecified atom stereocenters. The van der Waals surface area contributed by atoms with Gasteiger partial charge >= 0.3 is 0 Å². The molecule has 1 fully saturated rings. The highest BCUT2D eigenvalue weighted by Gasteiger charge is 2.27. The molecular formula is C16H18Br2FN3O2S. The lowest BCUT2D eigenvalue weighted by Crippen LogP contribution is -2.45. The fourth-order valence-electron chi connectivity index (χ4n) is 2.22. The molecule has 0 saturated carbocycles. The Morgan fingerprint density at radius 3 is 2.76 bits per heavy atom. The molecule has 1 saturated heterocycles. The summed E-state index contributed by atoms with van der Waals surface area (Å²) in [6.45, 7) is 5.65. The van der Waals surface area contributed by atoms with Crippen LogP contribution in [0.3, 0.4) is 0 Å². The van der Waals surface area contributed by atoms with Crippen molar-refractivity contribution in [2.24, 2.45) is 4.99 Å².